The van der Waals surface area contributed by atoms with Crippen LogP contribution in [0.2, 0.25) is 0 Å². The molecule has 0 unspecified atom stereocenters. The Kier molecular flexibility index (Phi) is 4.47. The van der Waals surface area contributed by atoms with E-state index >= 15 is 0 Å². The summed E-state index contributed by atoms with van der Waals surface area (Å²) in [6.07, 6.45) is 2.44. The minimum Gasteiger partial charge on any atom is -0.313 e. The van der Waals surface area contributed by atoms with Crippen molar-refractivity contribution in [2.24, 2.45) is 0 Å². The van der Waals surface area contributed by atoms with Crippen molar-refractivity contribution in [3.8, 4) is 0 Å². The number of hydrogen-bond donors (Lipinski definition) is 0. The van der Waals surface area contributed by atoms with E-state index in [-0.39, 0.29) is 10.8 Å². The highest BCUT2D eigenvalue weighted by molar-refractivity contribution is 7.89. The minimum atomic E-state index is -3.65. The van der Waals surface area contributed by atoms with Crippen molar-refractivity contribution in [2.45, 2.75) is 37.6 Å². The van der Waals surface area contributed by atoms with Crippen LogP contribution in [0.25, 0.3) is 11.2 Å². The highest BCUT2D eigenvalue weighted by atomic mass is 32.2. The SMILES string of the molecule is CCn1c([C@H]2CCN(S(=O)(=O)c3ccc(F)c(C)c3)C2)nc2cccnc21. The number of hydrogen-bond acceptors (Lipinski definition) is 4. The summed E-state index contributed by atoms with van der Waals surface area (Å²) in [7, 11) is -3.65. The molecule has 1 atom stereocenters. The predicted octanol–water partition coefficient (Wildman–Crippen LogP) is 3.08. The lowest BCUT2D eigenvalue weighted by molar-refractivity contribution is 0.469. The zero-order chi connectivity index (χ0) is 19.2. The van der Waals surface area contributed by atoms with Crippen molar-refractivity contribution in [1.29, 1.82) is 0 Å². The number of aryl methyl sites for hydroxylation is 2. The van der Waals surface area contributed by atoms with E-state index in [1.165, 1.54) is 22.5 Å². The van der Waals surface area contributed by atoms with Crippen molar-refractivity contribution in [2.75, 3.05) is 13.1 Å². The highest BCUT2D eigenvalue weighted by Crippen LogP contribution is 2.32. The van der Waals surface area contributed by atoms with Gasteiger partial charge >= 0.3 is 0 Å². The third-order valence-corrected chi connectivity index (χ3v) is 6.99. The Bertz CT molecular complexity index is 1110. The average Bonchev–Trinajstić information content (AvgIpc) is 3.28. The van der Waals surface area contributed by atoms with Gasteiger partial charge in [-0.05, 0) is 56.2 Å². The van der Waals surface area contributed by atoms with E-state index in [1.54, 1.807) is 13.1 Å². The number of aromatic nitrogens is 3. The summed E-state index contributed by atoms with van der Waals surface area (Å²) < 4.78 is 43.0. The molecule has 3 heterocycles. The summed E-state index contributed by atoms with van der Waals surface area (Å²) in [6, 6.07) is 7.70. The number of halogens is 1. The molecule has 0 spiro atoms. The maximum atomic E-state index is 13.5. The normalized spacial score (nSPS) is 18.4. The second-order valence-corrected chi connectivity index (χ2v) is 8.76. The van der Waals surface area contributed by atoms with E-state index in [9.17, 15) is 12.8 Å². The summed E-state index contributed by atoms with van der Waals surface area (Å²) in [6.45, 7) is 5.11. The molecule has 0 saturated carbocycles. The van der Waals surface area contributed by atoms with Crippen molar-refractivity contribution >= 4 is 21.2 Å². The Hall–Kier alpha value is -2.32. The largest absolute Gasteiger partial charge is 0.313 e. The van der Waals surface area contributed by atoms with E-state index in [1.807, 2.05) is 19.1 Å². The molecule has 0 amide bonds. The van der Waals surface area contributed by atoms with Crippen LogP contribution in [0.3, 0.4) is 0 Å². The van der Waals surface area contributed by atoms with Crippen LogP contribution in [-0.2, 0) is 16.6 Å². The Morgan fingerprint density at radius 2 is 2.11 bits per heavy atom. The number of nitrogens with zero attached hydrogens (tertiary/aromatic N) is 4. The van der Waals surface area contributed by atoms with E-state index in [4.69, 9.17) is 4.98 Å². The van der Waals surface area contributed by atoms with Crippen LogP contribution < -0.4 is 0 Å². The monoisotopic (exact) mass is 388 g/mol. The van der Waals surface area contributed by atoms with Gasteiger partial charge in [-0.3, -0.25) is 0 Å². The molecule has 0 aliphatic carbocycles. The van der Waals surface area contributed by atoms with Crippen molar-refractivity contribution in [3.63, 3.8) is 0 Å². The highest BCUT2D eigenvalue weighted by Gasteiger charge is 2.35. The molecule has 4 rings (SSSR count). The number of pyridine rings is 1. The van der Waals surface area contributed by atoms with Crippen LogP contribution in [-0.4, -0.2) is 40.3 Å². The van der Waals surface area contributed by atoms with Gasteiger partial charge in [0.25, 0.3) is 0 Å². The number of benzene rings is 1. The number of fused-ring (bicyclic) bond motifs is 1. The lowest BCUT2D eigenvalue weighted by Gasteiger charge is -2.17. The molecule has 1 aromatic carbocycles. The molecule has 8 heteroatoms. The molecule has 1 fully saturated rings. The molecule has 2 aromatic heterocycles. The van der Waals surface area contributed by atoms with Crippen LogP contribution >= 0.6 is 0 Å². The Morgan fingerprint density at radius 1 is 1.30 bits per heavy atom. The van der Waals surface area contributed by atoms with Crippen LogP contribution in [0.4, 0.5) is 4.39 Å². The Balaban J connectivity index is 1.64. The topological polar surface area (TPSA) is 68.1 Å². The molecule has 0 bridgehead atoms. The summed E-state index contributed by atoms with van der Waals surface area (Å²) in [5.74, 6) is 0.479. The Labute approximate surface area is 157 Å². The van der Waals surface area contributed by atoms with Gasteiger partial charge in [-0.15, -0.1) is 0 Å². The van der Waals surface area contributed by atoms with Crippen molar-refractivity contribution in [1.82, 2.24) is 18.8 Å². The molecular weight excluding hydrogens is 367 g/mol. The Morgan fingerprint density at radius 3 is 2.85 bits per heavy atom. The number of rotatable bonds is 4. The van der Waals surface area contributed by atoms with Gasteiger partial charge in [0, 0.05) is 31.7 Å². The quantitative estimate of drug-likeness (QED) is 0.689. The first-order valence-corrected chi connectivity index (χ1v) is 10.4. The number of sulfonamides is 1. The first-order valence-electron chi connectivity index (χ1n) is 8.99. The van der Waals surface area contributed by atoms with Gasteiger partial charge in [-0.1, -0.05) is 0 Å². The van der Waals surface area contributed by atoms with Crippen LogP contribution in [0.1, 0.15) is 30.7 Å². The first kappa shape index (κ1) is 18.1. The number of imidazole rings is 1. The fourth-order valence-electron chi connectivity index (χ4n) is 3.68. The summed E-state index contributed by atoms with van der Waals surface area (Å²) >= 11 is 0. The van der Waals surface area contributed by atoms with Crippen LogP contribution in [0.15, 0.2) is 41.4 Å². The minimum absolute atomic E-state index is 0.00969. The molecular formula is C19H21FN4O2S. The van der Waals surface area contributed by atoms with E-state index in [0.29, 0.717) is 25.1 Å². The lowest BCUT2D eigenvalue weighted by atomic mass is 10.1. The summed E-state index contributed by atoms with van der Waals surface area (Å²) in [5.41, 5.74) is 1.97. The molecule has 27 heavy (non-hydrogen) atoms. The van der Waals surface area contributed by atoms with Crippen molar-refractivity contribution < 1.29 is 12.8 Å². The summed E-state index contributed by atoms with van der Waals surface area (Å²) in [5, 5.41) is 0. The maximum Gasteiger partial charge on any atom is 0.243 e. The van der Waals surface area contributed by atoms with E-state index in [2.05, 4.69) is 9.55 Å². The molecule has 1 saturated heterocycles. The van der Waals surface area contributed by atoms with Crippen molar-refractivity contribution in [3.05, 3.63) is 53.7 Å². The van der Waals surface area contributed by atoms with Crippen LogP contribution in [0, 0.1) is 12.7 Å². The van der Waals surface area contributed by atoms with Gasteiger partial charge in [0.15, 0.2) is 5.65 Å². The molecule has 142 valence electrons. The zero-order valence-electron chi connectivity index (χ0n) is 15.3. The molecule has 0 radical (unpaired) electrons. The van der Waals surface area contributed by atoms with Crippen LogP contribution in [0.5, 0.6) is 0 Å². The standard InChI is InChI=1S/C19H21FN4O2S/c1-3-24-18(22-17-5-4-9-21-19(17)24)14-8-10-23(12-14)27(25,26)15-6-7-16(20)13(2)11-15/h4-7,9,11,14H,3,8,10,12H2,1-2H3/t14-/m0/s1. The molecule has 3 aromatic rings. The molecule has 1 aliphatic rings. The lowest BCUT2D eigenvalue weighted by Crippen LogP contribution is -2.29. The second-order valence-electron chi connectivity index (χ2n) is 6.82. The smallest absolute Gasteiger partial charge is 0.243 e. The first-order chi connectivity index (χ1) is 12.9. The van der Waals surface area contributed by atoms with Gasteiger partial charge in [-0.25, -0.2) is 22.8 Å². The fourth-order valence-corrected chi connectivity index (χ4v) is 5.27. The van der Waals surface area contributed by atoms with Gasteiger partial charge in [0.1, 0.15) is 17.2 Å². The van der Waals surface area contributed by atoms with Gasteiger partial charge < -0.3 is 4.57 Å². The molecule has 0 N–H and O–H groups in total. The molecule has 6 nitrogen and oxygen atoms in total. The van der Waals surface area contributed by atoms with Gasteiger partial charge in [-0.2, -0.15) is 4.31 Å². The zero-order valence-corrected chi connectivity index (χ0v) is 16.1. The summed E-state index contributed by atoms with van der Waals surface area (Å²) in [4.78, 5) is 9.25. The third kappa shape index (κ3) is 3.02. The van der Waals surface area contributed by atoms with E-state index in [0.717, 1.165) is 23.5 Å². The third-order valence-electron chi connectivity index (χ3n) is 5.13. The van der Waals surface area contributed by atoms with Gasteiger partial charge in [0.2, 0.25) is 10.0 Å². The maximum absolute atomic E-state index is 13.5. The molecule has 1 aliphatic heterocycles. The fraction of sp³-hybridized carbons (Fsp3) is 0.368. The average molecular weight is 388 g/mol. The predicted molar refractivity (Wildman–Crippen MR) is 100 cm³/mol. The van der Waals surface area contributed by atoms with E-state index < -0.39 is 15.8 Å². The van der Waals surface area contributed by atoms with Gasteiger partial charge in [0.05, 0.1) is 4.90 Å². The second kappa shape index (κ2) is 6.69.